The largest absolute Gasteiger partial charge is 0.490 e. The molecule has 2 heterocycles. The van der Waals surface area contributed by atoms with Gasteiger partial charge in [0.1, 0.15) is 12.4 Å². The summed E-state index contributed by atoms with van der Waals surface area (Å²) < 4.78 is 33.6. The molecule has 1 aliphatic rings. The van der Waals surface area contributed by atoms with E-state index in [2.05, 4.69) is 31.4 Å². The van der Waals surface area contributed by atoms with Crippen LogP contribution in [0.3, 0.4) is 0 Å². The number of para-hydroxylation sites is 1. The lowest BCUT2D eigenvalue weighted by atomic mass is 10.1. The van der Waals surface area contributed by atoms with Gasteiger partial charge in [0.05, 0.1) is 11.1 Å². The maximum absolute atomic E-state index is 14.2. The molecule has 1 aliphatic heterocycles. The lowest BCUT2D eigenvalue weighted by Gasteiger charge is -2.22. The topological polar surface area (TPSA) is 78.4 Å². The van der Waals surface area contributed by atoms with Gasteiger partial charge in [-0.15, -0.1) is 10.2 Å². The van der Waals surface area contributed by atoms with E-state index in [4.69, 9.17) is 19.2 Å². The number of hydrogen-bond acceptors (Lipinski definition) is 8. The summed E-state index contributed by atoms with van der Waals surface area (Å²) in [5.74, 6) is 1.61. The number of hydrogen-bond donors (Lipinski definition) is 1. The van der Waals surface area contributed by atoms with Crippen molar-refractivity contribution in [3.8, 4) is 28.6 Å². The first-order valence-corrected chi connectivity index (χ1v) is 15.1. The second-order valence-electron chi connectivity index (χ2n) is 9.35. The van der Waals surface area contributed by atoms with Crippen molar-refractivity contribution in [2.75, 3.05) is 11.9 Å². The van der Waals surface area contributed by atoms with E-state index in [-0.39, 0.29) is 5.82 Å². The zero-order chi connectivity index (χ0) is 28.9. The third kappa shape index (κ3) is 6.19. The van der Waals surface area contributed by atoms with Crippen molar-refractivity contribution in [3.63, 3.8) is 0 Å². The number of nitrogens with one attached hydrogen (secondary N) is 1. The number of nitrogens with zero attached hydrogens (tertiary/aromatic N) is 3. The van der Waals surface area contributed by atoms with Crippen LogP contribution < -0.4 is 19.5 Å². The molecule has 1 N–H and O–H groups in total. The number of thioether (sulfide) groups is 1. The van der Waals surface area contributed by atoms with Crippen molar-refractivity contribution in [2.45, 2.75) is 30.7 Å². The molecule has 212 valence electrons. The van der Waals surface area contributed by atoms with Gasteiger partial charge in [-0.05, 0) is 58.2 Å². The molecule has 0 saturated heterocycles. The van der Waals surface area contributed by atoms with Gasteiger partial charge >= 0.3 is 0 Å². The molecule has 0 spiro atoms. The van der Waals surface area contributed by atoms with Crippen LogP contribution in [0.25, 0.3) is 11.3 Å². The third-order valence-electron chi connectivity index (χ3n) is 6.51. The molecular formula is C32H26BrFN4O3S. The number of ether oxygens (including phenoxy) is 3. The minimum Gasteiger partial charge on any atom is -0.490 e. The summed E-state index contributed by atoms with van der Waals surface area (Å²) >= 11 is 4.98. The van der Waals surface area contributed by atoms with E-state index in [0.29, 0.717) is 52.8 Å². The second-order valence-corrected chi connectivity index (χ2v) is 11.2. The Hall–Kier alpha value is -4.15. The second kappa shape index (κ2) is 12.8. The highest BCUT2D eigenvalue weighted by Gasteiger charge is 2.28. The van der Waals surface area contributed by atoms with E-state index in [9.17, 15) is 4.39 Å². The minimum atomic E-state index is -0.632. The molecule has 1 unspecified atom stereocenters. The van der Waals surface area contributed by atoms with E-state index >= 15 is 0 Å². The van der Waals surface area contributed by atoms with E-state index in [0.717, 1.165) is 26.9 Å². The van der Waals surface area contributed by atoms with Gasteiger partial charge in [-0.2, -0.15) is 4.98 Å². The lowest BCUT2D eigenvalue weighted by Crippen LogP contribution is -2.17. The molecule has 0 saturated carbocycles. The van der Waals surface area contributed by atoms with E-state index in [1.165, 1.54) is 17.8 Å². The summed E-state index contributed by atoms with van der Waals surface area (Å²) in [6, 6.07) is 28.2. The maximum atomic E-state index is 14.2. The monoisotopic (exact) mass is 644 g/mol. The standard InChI is InChI=1S/C32H26BrFN4O3S/c1-2-39-27-17-22(16-24(33)29(27)40-18-20-10-4-3-5-11-20)30-35-26-15-9-7-13-23(26)28-31(41-30)36-32(38-37-28)42-19-21-12-6-8-14-25(21)34/h3-17,30,35H,2,18-19H2,1H3. The summed E-state index contributed by atoms with van der Waals surface area (Å²) in [6.07, 6.45) is -0.632. The highest BCUT2D eigenvalue weighted by molar-refractivity contribution is 9.10. The summed E-state index contributed by atoms with van der Waals surface area (Å²) in [5, 5.41) is 12.6. The molecule has 0 radical (unpaired) electrons. The Balaban J connectivity index is 1.32. The summed E-state index contributed by atoms with van der Waals surface area (Å²) in [6.45, 7) is 2.78. The normalized spacial score (nSPS) is 13.6. The number of fused-ring (bicyclic) bond motifs is 3. The van der Waals surface area contributed by atoms with Crippen LogP contribution in [0.1, 0.15) is 29.8 Å². The number of rotatable bonds is 9. The van der Waals surface area contributed by atoms with Crippen LogP contribution in [0.4, 0.5) is 10.1 Å². The Bertz CT molecular complexity index is 1710. The van der Waals surface area contributed by atoms with Crippen LogP contribution >= 0.6 is 27.7 Å². The Morgan fingerprint density at radius 3 is 2.57 bits per heavy atom. The predicted molar refractivity (Wildman–Crippen MR) is 164 cm³/mol. The van der Waals surface area contributed by atoms with Crippen LogP contribution in [0.2, 0.25) is 0 Å². The molecule has 42 heavy (non-hydrogen) atoms. The average molecular weight is 646 g/mol. The SMILES string of the molecule is CCOc1cc(C2Nc3ccccc3-c3nnc(SCc4ccccc4F)nc3O2)cc(Br)c1OCc1ccccc1. The van der Waals surface area contributed by atoms with Gasteiger partial charge in [0.2, 0.25) is 11.0 Å². The van der Waals surface area contributed by atoms with Crippen molar-refractivity contribution in [3.05, 3.63) is 118 Å². The molecular weight excluding hydrogens is 619 g/mol. The van der Waals surface area contributed by atoms with Crippen molar-refractivity contribution < 1.29 is 18.6 Å². The molecule has 6 rings (SSSR count). The highest BCUT2D eigenvalue weighted by atomic mass is 79.9. The molecule has 0 fully saturated rings. The average Bonchev–Trinajstić information content (AvgIpc) is 3.17. The number of anilines is 1. The Labute approximate surface area is 255 Å². The fourth-order valence-electron chi connectivity index (χ4n) is 4.49. The summed E-state index contributed by atoms with van der Waals surface area (Å²) in [7, 11) is 0. The first-order valence-electron chi connectivity index (χ1n) is 13.4. The number of aromatic nitrogens is 3. The fourth-order valence-corrected chi connectivity index (χ4v) is 5.83. The minimum absolute atomic E-state index is 0.269. The maximum Gasteiger partial charge on any atom is 0.247 e. The molecule has 0 aliphatic carbocycles. The molecule has 0 bridgehead atoms. The van der Waals surface area contributed by atoms with E-state index < -0.39 is 6.23 Å². The lowest BCUT2D eigenvalue weighted by molar-refractivity contribution is 0.223. The van der Waals surface area contributed by atoms with Gasteiger partial charge < -0.3 is 19.5 Å². The van der Waals surface area contributed by atoms with Crippen molar-refractivity contribution >= 4 is 33.4 Å². The third-order valence-corrected chi connectivity index (χ3v) is 7.98. The predicted octanol–water partition coefficient (Wildman–Crippen LogP) is 8.21. The molecule has 10 heteroatoms. The molecule has 5 aromatic rings. The van der Waals surface area contributed by atoms with Gasteiger partial charge in [0, 0.05) is 22.6 Å². The van der Waals surface area contributed by atoms with Gasteiger partial charge in [-0.3, -0.25) is 0 Å². The van der Waals surface area contributed by atoms with E-state index in [1.807, 2.05) is 73.7 Å². The smallest absolute Gasteiger partial charge is 0.247 e. The van der Waals surface area contributed by atoms with Crippen LogP contribution in [-0.4, -0.2) is 21.8 Å². The summed E-state index contributed by atoms with van der Waals surface area (Å²) in [4.78, 5) is 4.69. The number of benzene rings is 4. The molecule has 0 amide bonds. The molecule has 4 aromatic carbocycles. The molecule has 1 aromatic heterocycles. The fraction of sp³-hybridized carbons (Fsp3) is 0.156. The highest BCUT2D eigenvalue weighted by Crippen LogP contribution is 2.43. The van der Waals surface area contributed by atoms with E-state index in [1.54, 1.807) is 18.2 Å². The Kier molecular flexibility index (Phi) is 8.52. The van der Waals surface area contributed by atoms with Crippen LogP contribution in [0.15, 0.2) is 101 Å². The van der Waals surface area contributed by atoms with Gasteiger partial charge in [-0.25, -0.2) is 4.39 Å². The molecule has 7 nitrogen and oxygen atoms in total. The van der Waals surface area contributed by atoms with Gasteiger partial charge in [-0.1, -0.05) is 78.5 Å². The van der Waals surface area contributed by atoms with Gasteiger partial charge in [0.15, 0.2) is 23.4 Å². The number of halogens is 2. The molecule has 1 atom stereocenters. The van der Waals surface area contributed by atoms with Crippen molar-refractivity contribution in [1.82, 2.24) is 15.2 Å². The van der Waals surface area contributed by atoms with Crippen LogP contribution in [-0.2, 0) is 12.4 Å². The quantitative estimate of drug-likeness (QED) is 0.161. The van der Waals surface area contributed by atoms with Crippen molar-refractivity contribution in [2.24, 2.45) is 0 Å². The van der Waals surface area contributed by atoms with Crippen LogP contribution in [0, 0.1) is 5.82 Å². The zero-order valence-corrected chi connectivity index (χ0v) is 25.0. The first-order chi connectivity index (χ1) is 20.6. The van der Waals surface area contributed by atoms with Gasteiger partial charge in [0.25, 0.3) is 0 Å². The first kappa shape index (κ1) is 28.0. The summed E-state index contributed by atoms with van der Waals surface area (Å²) in [5.41, 5.74) is 4.56. The zero-order valence-electron chi connectivity index (χ0n) is 22.6. The Morgan fingerprint density at radius 1 is 0.952 bits per heavy atom. The van der Waals surface area contributed by atoms with Crippen LogP contribution in [0.5, 0.6) is 17.4 Å². The Morgan fingerprint density at radius 2 is 1.74 bits per heavy atom. The van der Waals surface area contributed by atoms with Crippen molar-refractivity contribution in [1.29, 1.82) is 0 Å².